The van der Waals surface area contributed by atoms with Crippen molar-refractivity contribution in [3.63, 3.8) is 0 Å². The lowest BCUT2D eigenvalue weighted by Gasteiger charge is -2.34. The summed E-state index contributed by atoms with van der Waals surface area (Å²) in [6.45, 7) is 1.42. The Labute approximate surface area is 157 Å². The second kappa shape index (κ2) is 7.13. The molecule has 6 nitrogen and oxygen atoms in total. The molecule has 0 radical (unpaired) electrons. The third-order valence-corrected chi connectivity index (χ3v) is 5.59. The molecule has 0 saturated heterocycles. The smallest absolute Gasteiger partial charge is 0.272 e. The molecule has 2 aliphatic rings. The van der Waals surface area contributed by atoms with Gasteiger partial charge < -0.3 is 10.2 Å². The molecule has 2 amide bonds. The van der Waals surface area contributed by atoms with E-state index in [0.717, 1.165) is 36.1 Å². The van der Waals surface area contributed by atoms with Gasteiger partial charge in [-0.3, -0.25) is 14.3 Å². The molecule has 0 atom stereocenters. The number of hydrogen-bond donors (Lipinski definition) is 1. The molecule has 0 unspecified atom stereocenters. The zero-order valence-electron chi connectivity index (χ0n) is 15.4. The molecular formula is C20H23FN4O2. The zero-order chi connectivity index (χ0) is 19.0. The van der Waals surface area contributed by atoms with Gasteiger partial charge in [0.05, 0.1) is 0 Å². The third kappa shape index (κ3) is 3.46. The highest BCUT2D eigenvalue weighted by Gasteiger charge is 2.34. The lowest BCUT2D eigenvalue weighted by molar-refractivity contribution is -0.139. The van der Waals surface area contributed by atoms with Crippen molar-refractivity contribution in [2.75, 3.05) is 6.54 Å². The molecule has 2 aromatic rings. The van der Waals surface area contributed by atoms with Gasteiger partial charge in [0.15, 0.2) is 5.69 Å². The molecule has 2 heterocycles. The van der Waals surface area contributed by atoms with Crippen molar-refractivity contribution in [1.29, 1.82) is 0 Å². The summed E-state index contributed by atoms with van der Waals surface area (Å²) in [5.74, 6) is -0.221. The van der Waals surface area contributed by atoms with Crippen molar-refractivity contribution < 1.29 is 14.0 Å². The van der Waals surface area contributed by atoms with Crippen molar-refractivity contribution in [1.82, 2.24) is 20.0 Å². The van der Waals surface area contributed by atoms with Crippen LogP contribution in [0.15, 0.2) is 24.3 Å². The molecule has 0 bridgehead atoms. The number of aryl methyl sites for hydroxylation is 1. The molecule has 0 spiro atoms. The number of carbonyl (C=O) groups is 2. The maximum atomic E-state index is 13.0. The summed E-state index contributed by atoms with van der Waals surface area (Å²) in [5, 5.41) is 7.24. The van der Waals surface area contributed by atoms with Gasteiger partial charge in [0.1, 0.15) is 5.82 Å². The second-order valence-corrected chi connectivity index (χ2v) is 7.34. The minimum absolute atomic E-state index is 0.152. The molecule has 7 heteroatoms. The highest BCUT2D eigenvalue weighted by Crippen LogP contribution is 2.31. The van der Waals surface area contributed by atoms with Crippen molar-refractivity contribution >= 4 is 11.8 Å². The van der Waals surface area contributed by atoms with Crippen molar-refractivity contribution in [2.45, 2.75) is 38.8 Å². The zero-order valence-corrected chi connectivity index (χ0v) is 15.4. The molecule has 27 heavy (non-hydrogen) atoms. The highest BCUT2D eigenvalue weighted by molar-refractivity contribution is 5.94. The first kappa shape index (κ1) is 17.7. The second-order valence-electron chi connectivity index (χ2n) is 7.34. The van der Waals surface area contributed by atoms with Gasteiger partial charge in [-0.1, -0.05) is 18.6 Å². The summed E-state index contributed by atoms with van der Waals surface area (Å²) in [7, 11) is 1.83. The molecule has 1 fully saturated rings. The quantitative estimate of drug-likeness (QED) is 0.897. The van der Waals surface area contributed by atoms with Crippen LogP contribution >= 0.6 is 0 Å². The fraction of sp³-hybridized carbons (Fsp3) is 0.450. The van der Waals surface area contributed by atoms with E-state index in [9.17, 15) is 14.0 Å². The molecule has 1 aliphatic heterocycles. The Kier molecular flexibility index (Phi) is 4.68. The van der Waals surface area contributed by atoms with E-state index in [1.807, 2.05) is 11.9 Å². The van der Waals surface area contributed by atoms with Gasteiger partial charge in [0, 0.05) is 50.3 Å². The first-order valence-corrected chi connectivity index (χ1v) is 9.39. The van der Waals surface area contributed by atoms with E-state index < -0.39 is 0 Å². The molecule has 142 valence electrons. The Morgan fingerprint density at radius 2 is 2.00 bits per heavy atom. The molecular weight excluding hydrogens is 347 g/mol. The predicted molar refractivity (Wildman–Crippen MR) is 97.2 cm³/mol. The van der Waals surface area contributed by atoms with Gasteiger partial charge in [0.25, 0.3) is 5.91 Å². The number of carbonyl (C=O) groups excluding carboxylic acids is 2. The van der Waals surface area contributed by atoms with Crippen molar-refractivity contribution in [3.05, 3.63) is 52.6 Å². The first-order chi connectivity index (χ1) is 13.0. The maximum absolute atomic E-state index is 13.0. The number of nitrogens with one attached hydrogen (secondary N) is 1. The average molecular weight is 370 g/mol. The Bertz CT molecular complexity index is 871. The Balaban J connectivity index is 1.48. The van der Waals surface area contributed by atoms with E-state index in [4.69, 9.17) is 0 Å². The van der Waals surface area contributed by atoms with Gasteiger partial charge in [0.2, 0.25) is 5.91 Å². The summed E-state index contributed by atoms with van der Waals surface area (Å²) in [6.07, 6.45) is 3.78. The Morgan fingerprint density at radius 3 is 2.67 bits per heavy atom. The summed E-state index contributed by atoms with van der Waals surface area (Å²) in [4.78, 5) is 27.1. The number of halogens is 1. The van der Waals surface area contributed by atoms with E-state index in [0.29, 0.717) is 31.7 Å². The van der Waals surface area contributed by atoms with Crippen molar-refractivity contribution in [2.24, 2.45) is 13.0 Å². The van der Waals surface area contributed by atoms with Crippen LogP contribution in [0.25, 0.3) is 0 Å². The van der Waals surface area contributed by atoms with Crippen LogP contribution in [0.2, 0.25) is 0 Å². The average Bonchev–Trinajstić information content (AvgIpc) is 2.96. The summed E-state index contributed by atoms with van der Waals surface area (Å²) in [5.41, 5.74) is 3.05. The minimum Gasteiger partial charge on any atom is -0.347 e. The van der Waals surface area contributed by atoms with E-state index in [1.54, 1.807) is 16.8 Å². The topological polar surface area (TPSA) is 67.2 Å². The maximum Gasteiger partial charge on any atom is 0.272 e. The van der Waals surface area contributed by atoms with Crippen LogP contribution in [0.3, 0.4) is 0 Å². The van der Waals surface area contributed by atoms with E-state index >= 15 is 0 Å². The van der Waals surface area contributed by atoms with E-state index in [2.05, 4.69) is 10.4 Å². The summed E-state index contributed by atoms with van der Waals surface area (Å²) < 4.78 is 14.7. The number of amides is 2. The fourth-order valence-electron chi connectivity index (χ4n) is 3.74. The fourth-order valence-corrected chi connectivity index (χ4v) is 3.74. The van der Waals surface area contributed by atoms with Crippen LogP contribution in [0.1, 0.15) is 46.6 Å². The molecule has 1 N–H and O–H groups in total. The monoisotopic (exact) mass is 370 g/mol. The third-order valence-electron chi connectivity index (χ3n) is 5.59. The number of aromatic nitrogens is 2. The lowest BCUT2D eigenvalue weighted by Crippen LogP contribution is -2.42. The van der Waals surface area contributed by atoms with Gasteiger partial charge in [-0.25, -0.2) is 4.39 Å². The van der Waals surface area contributed by atoms with Crippen molar-refractivity contribution in [3.8, 4) is 0 Å². The molecule has 1 aliphatic carbocycles. The molecule has 1 aromatic heterocycles. The number of benzene rings is 1. The van der Waals surface area contributed by atoms with E-state index in [-0.39, 0.29) is 23.5 Å². The molecule has 1 saturated carbocycles. The summed E-state index contributed by atoms with van der Waals surface area (Å²) in [6, 6.07) is 6.02. The van der Waals surface area contributed by atoms with Crippen LogP contribution < -0.4 is 5.32 Å². The number of nitrogens with zero attached hydrogens (tertiary/aromatic N) is 3. The number of fused-ring (bicyclic) bond motifs is 1. The predicted octanol–water partition coefficient (Wildman–Crippen LogP) is 2.17. The summed E-state index contributed by atoms with van der Waals surface area (Å²) >= 11 is 0. The van der Waals surface area contributed by atoms with Gasteiger partial charge >= 0.3 is 0 Å². The first-order valence-electron chi connectivity index (χ1n) is 9.39. The standard InChI is InChI=1S/C20H23FN4O2/c1-24-17-9-10-25(20(27)14-3-2-4-14)12-16(17)18(23-24)19(26)22-11-13-5-7-15(21)8-6-13/h5-8,14H,2-4,9-12H2,1H3,(H,22,26). The number of hydrogen-bond acceptors (Lipinski definition) is 3. The minimum atomic E-state index is -0.305. The van der Waals surface area contributed by atoms with Crippen LogP contribution in [0, 0.1) is 11.7 Å². The van der Waals surface area contributed by atoms with Crippen LogP contribution in [-0.2, 0) is 31.4 Å². The van der Waals surface area contributed by atoms with E-state index in [1.165, 1.54) is 12.1 Å². The normalized spacial score (nSPS) is 16.6. The number of rotatable bonds is 4. The Hall–Kier alpha value is -2.70. The highest BCUT2D eigenvalue weighted by atomic mass is 19.1. The van der Waals surface area contributed by atoms with Crippen LogP contribution in [-0.4, -0.2) is 33.0 Å². The lowest BCUT2D eigenvalue weighted by atomic mass is 9.84. The van der Waals surface area contributed by atoms with Gasteiger partial charge in [-0.2, -0.15) is 5.10 Å². The SMILES string of the molecule is Cn1nc(C(=O)NCc2ccc(F)cc2)c2c1CCN(C(=O)C1CCC1)C2. The van der Waals surface area contributed by atoms with Gasteiger partial charge in [-0.15, -0.1) is 0 Å². The molecule has 4 rings (SSSR count). The van der Waals surface area contributed by atoms with Crippen LogP contribution in [0.5, 0.6) is 0 Å². The van der Waals surface area contributed by atoms with Crippen LogP contribution in [0.4, 0.5) is 4.39 Å². The van der Waals surface area contributed by atoms with Gasteiger partial charge in [-0.05, 0) is 30.5 Å². The Morgan fingerprint density at radius 1 is 1.26 bits per heavy atom. The molecule has 1 aromatic carbocycles. The largest absolute Gasteiger partial charge is 0.347 e.